The molecule has 0 saturated carbocycles. The molecule has 2 heterocycles. The van der Waals surface area contributed by atoms with Gasteiger partial charge in [0.1, 0.15) is 37.1 Å². The maximum atomic E-state index is 17.0. The van der Waals surface area contributed by atoms with Crippen molar-refractivity contribution in [2.24, 2.45) is 0 Å². The Morgan fingerprint density at radius 3 is 1.51 bits per heavy atom. The van der Waals surface area contributed by atoms with Crippen LogP contribution < -0.4 is 0 Å². The van der Waals surface area contributed by atoms with Gasteiger partial charge in [0.05, 0.1) is 33.0 Å². The van der Waals surface area contributed by atoms with Crippen molar-refractivity contribution in [3.05, 3.63) is 144 Å². The third-order valence-electron chi connectivity index (χ3n) is 10.1. The Labute approximate surface area is 355 Å². The number of alkyl halides is 1. The number of hydrogen-bond acceptors (Lipinski definition) is 13. The van der Waals surface area contributed by atoms with Crippen LogP contribution in [0.5, 0.6) is 0 Å². The summed E-state index contributed by atoms with van der Waals surface area (Å²) in [7, 11) is 0. The minimum Gasteiger partial charge on any atom is -0.463 e. The topological polar surface area (TPSA) is 144 Å². The zero-order chi connectivity index (χ0) is 43.2. The van der Waals surface area contributed by atoms with Crippen molar-refractivity contribution >= 4 is 17.9 Å². The van der Waals surface area contributed by atoms with Crippen LogP contribution in [0.25, 0.3) is 0 Å². The Kier molecular flexibility index (Phi) is 16.5. The highest BCUT2D eigenvalue weighted by Crippen LogP contribution is 2.41. The molecule has 2 aliphatic heterocycles. The first kappa shape index (κ1) is 45.5. The van der Waals surface area contributed by atoms with Crippen molar-refractivity contribution < 1.29 is 66.1 Å². The maximum Gasteiger partial charge on any atom is 0.303 e. The van der Waals surface area contributed by atoms with Crippen LogP contribution in [0, 0.1) is 0 Å². The molecule has 0 aliphatic carbocycles. The number of rotatable bonds is 19. The van der Waals surface area contributed by atoms with Gasteiger partial charge in [0, 0.05) is 20.8 Å². The molecule has 6 rings (SSSR count). The highest BCUT2D eigenvalue weighted by molar-refractivity contribution is 5.68. The smallest absolute Gasteiger partial charge is 0.303 e. The van der Waals surface area contributed by atoms with Gasteiger partial charge in [-0.1, -0.05) is 121 Å². The number of carbonyl (C=O) groups is 3. The number of ether oxygens (including phenoxy) is 10. The molecule has 0 aromatic heterocycles. The summed E-state index contributed by atoms with van der Waals surface area (Å²) in [6, 6.07) is 38.2. The van der Waals surface area contributed by atoms with E-state index in [1.807, 2.05) is 121 Å². The van der Waals surface area contributed by atoms with Crippen LogP contribution in [0.4, 0.5) is 4.39 Å². The van der Waals surface area contributed by atoms with Crippen molar-refractivity contribution in [1.29, 1.82) is 0 Å². The molecule has 0 radical (unpaired) electrons. The highest BCUT2D eigenvalue weighted by atomic mass is 19.1. The lowest BCUT2D eigenvalue weighted by molar-refractivity contribution is -0.422. The van der Waals surface area contributed by atoms with Gasteiger partial charge in [0.2, 0.25) is 0 Å². The summed E-state index contributed by atoms with van der Waals surface area (Å²) in [4.78, 5) is 36.6. The molecule has 61 heavy (non-hydrogen) atoms. The first-order valence-corrected chi connectivity index (χ1v) is 20.2. The van der Waals surface area contributed by atoms with E-state index < -0.39 is 85.5 Å². The summed E-state index contributed by atoms with van der Waals surface area (Å²) in [5, 5.41) is 0. The van der Waals surface area contributed by atoms with E-state index in [0.717, 1.165) is 36.1 Å². The van der Waals surface area contributed by atoms with Crippen LogP contribution in [0.3, 0.4) is 0 Å². The monoisotopic (exact) mass is 844 g/mol. The molecule has 10 atom stereocenters. The lowest BCUT2D eigenvalue weighted by atomic mass is 9.91. The van der Waals surface area contributed by atoms with Crippen LogP contribution in [0.1, 0.15) is 49.9 Å². The van der Waals surface area contributed by atoms with Gasteiger partial charge < -0.3 is 47.4 Å². The second kappa shape index (κ2) is 22.2. The molecule has 0 bridgehead atoms. The van der Waals surface area contributed by atoms with Crippen LogP contribution in [0.2, 0.25) is 0 Å². The van der Waals surface area contributed by atoms with E-state index in [2.05, 4.69) is 0 Å². The largest absolute Gasteiger partial charge is 0.463 e. The Bertz CT molecular complexity index is 1960. The molecule has 13 nitrogen and oxygen atoms in total. The minimum absolute atomic E-state index is 0.0197. The van der Waals surface area contributed by atoms with E-state index in [0.29, 0.717) is 0 Å². The third-order valence-corrected chi connectivity index (χ3v) is 10.1. The predicted molar refractivity (Wildman–Crippen MR) is 217 cm³/mol. The second-order valence-electron chi connectivity index (χ2n) is 15.0. The summed E-state index contributed by atoms with van der Waals surface area (Å²) in [6.07, 6.45) is -12.5. The lowest BCUT2D eigenvalue weighted by Crippen LogP contribution is -2.69. The summed E-state index contributed by atoms with van der Waals surface area (Å²) >= 11 is 0. The molecule has 0 N–H and O–H groups in total. The summed E-state index contributed by atoms with van der Waals surface area (Å²) in [5.74, 6) is -4.24. The van der Waals surface area contributed by atoms with Gasteiger partial charge in [-0.2, -0.15) is 0 Å². The van der Waals surface area contributed by atoms with E-state index in [9.17, 15) is 14.4 Å². The van der Waals surface area contributed by atoms with Crippen molar-refractivity contribution in [1.82, 2.24) is 0 Å². The van der Waals surface area contributed by atoms with Gasteiger partial charge in [-0.15, -0.1) is 0 Å². The normalized spacial score (nSPS) is 27.5. The molecule has 14 heteroatoms. The fourth-order valence-corrected chi connectivity index (χ4v) is 7.32. The first-order valence-electron chi connectivity index (χ1n) is 20.2. The molecule has 2 aliphatic rings. The quantitative estimate of drug-likeness (QED) is 0.0742. The summed E-state index contributed by atoms with van der Waals surface area (Å²) in [5.41, 5.74) is 3.51. The number of halogens is 1. The molecular formula is C47H53FO13. The Morgan fingerprint density at radius 2 is 1.02 bits per heavy atom. The van der Waals surface area contributed by atoms with Crippen molar-refractivity contribution in [2.75, 3.05) is 13.2 Å². The molecule has 326 valence electrons. The van der Waals surface area contributed by atoms with Gasteiger partial charge in [-0.3, -0.25) is 14.4 Å². The molecule has 4 aromatic rings. The van der Waals surface area contributed by atoms with Crippen molar-refractivity contribution in [3.63, 3.8) is 0 Å². The lowest BCUT2D eigenvalue weighted by Gasteiger charge is -2.53. The maximum absolute atomic E-state index is 17.0. The number of esters is 3. The fraction of sp³-hybridized carbons (Fsp3) is 0.426. The van der Waals surface area contributed by atoms with E-state index in [-0.39, 0.29) is 33.0 Å². The van der Waals surface area contributed by atoms with Crippen LogP contribution in [-0.4, -0.2) is 92.1 Å². The minimum atomic E-state index is -2.25. The Morgan fingerprint density at radius 1 is 0.557 bits per heavy atom. The predicted octanol–water partition coefficient (Wildman–Crippen LogP) is 6.58. The van der Waals surface area contributed by atoms with E-state index in [1.54, 1.807) is 6.92 Å². The average molecular weight is 845 g/mol. The zero-order valence-corrected chi connectivity index (χ0v) is 34.7. The highest BCUT2D eigenvalue weighted by Gasteiger charge is 2.60. The van der Waals surface area contributed by atoms with E-state index in [4.69, 9.17) is 47.4 Å². The van der Waals surface area contributed by atoms with Crippen LogP contribution in [-0.2, 0) is 88.2 Å². The van der Waals surface area contributed by atoms with Gasteiger partial charge in [0.15, 0.2) is 30.5 Å². The number of hydrogen-bond donors (Lipinski definition) is 0. The average Bonchev–Trinajstić information content (AvgIpc) is 3.25. The number of carbonyl (C=O) groups excluding carboxylic acids is 3. The summed E-state index contributed by atoms with van der Waals surface area (Å²) in [6.45, 7) is 5.06. The van der Waals surface area contributed by atoms with Gasteiger partial charge in [-0.25, -0.2) is 4.39 Å². The molecule has 2 fully saturated rings. The molecule has 4 aromatic carbocycles. The van der Waals surface area contributed by atoms with Gasteiger partial charge >= 0.3 is 17.9 Å². The van der Waals surface area contributed by atoms with Crippen molar-refractivity contribution in [2.45, 2.75) is 115 Å². The van der Waals surface area contributed by atoms with E-state index >= 15 is 4.39 Å². The molecule has 0 unspecified atom stereocenters. The SMILES string of the molecule is CC(=O)OC[C@H]1O[C@@H](O[C@@]2(C)O[C@H](COCc3ccccc3)[C@@H](OCc3ccccc3)[C@H](OCc3ccccc3)[C@H]2OCc2ccccc2)[C@H](F)[C@@H](OC(C)=O)[C@@H]1OC(C)=O. The van der Waals surface area contributed by atoms with Gasteiger partial charge in [-0.05, 0) is 29.2 Å². The van der Waals surface area contributed by atoms with Crippen LogP contribution >= 0.6 is 0 Å². The van der Waals surface area contributed by atoms with Crippen LogP contribution in [0.15, 0.2) is 121 Å². The zero-order valence-electron chi connectivity index (χ0n) is 34.7. The third kappa shape index (κ3) is 13.0. The molecule has 0 amide bonds. The molecule has 0 spiro atoms. The van der Waals surface area contributed by atoms with Gasteiger partial charge in [0.25, 0.3) is 0 Å². The van der Waals surface area contributed by atoms with Crippen molar-refractivity contribution in [3.8, 4) is 0 Å². The summed E-state index contributed by atoms with van der Waals surface area (Å²) < 4.78 is 79.3. The molecular weight excluding hydrogens is 792 g/mol. The second-order valence-corrected chi connectivity index (χ2v) is 15.0. The molecule has 2 saturated heterocycles. The Balaban J connectivity index is 1.40. The van der Waals surface area contributed by atoms with E-state index in [1.165, 1.54) is 6.92 Å². The first-order chi connectivity index (χ1) is 29.5. The number of benzene rings is 4. The fourth-order valence-electron chi connectivity index (χ4n) is 7.32. The standard InChI is InChI=1S/C47H53FO13/c1-31(49)53-30-38-42(57-32(2)50)43(58-33(3)51)40(48)46(59-38)61-47(4)45(56-28-37-23-15-8-16-24-37)44(55-27-36-21-13-7-14-22-36)41(54-26-35-19-11-6-12-20-35)39(60-47)29-52-25-34-17-9-5-10-18-34/h5-24,38-46H,25-30H2,1-4H3/t38-,39-,40-,41-,42-,43-,44+,45-,46+,47-/m1/s1. The Hall–Kier alpha value is -5.06.